The van der Waals surface area contributed by atoms with Crippen LogP contribution in [0.4, 0.5) is 5.69 Å². The molecule has 0 saturated carbocycles. The van der Waals surface area contributed by atoms with E-state index >= 15 is 0 Å². The Morgan fingerprint density at radius 2 is 1.56 bits per heavy atom. The van der Waals surface area contributed by atoms with Crippen LogP contribution in [0, 0.1) is 6.92 Å². The van der Waals surface area contributed by atoms with Crippen molar-refractivity contribution in [1.29, 1.82) is 0 Å². The van der Waals surface area contributed by atoms with Crippen LogP contribution in [0.5, 0.6) is 0 Å². The fraction of sp³-hybridized carbons (Fsp3) is 0.375. The molecule has 0 aliphatic carbocycles. The first-order chi connectivity index (χ1) is 15.4. The van der Waals surface area contributed by atoms with Crippen LogP contribution in [-0.2, 0) is 14.3 Å². The van der Waals surface area contributed by atoms with E-state index in [1.165, 1.54) is 24.8 Å². The molecular formula is C24H30N4O4. The first kappa shape index (κ1) is 23.4. The van der Waals surface area contributed by atoms with Crippen molar-refractivity contribution < 1.29 is 19.1 Å². The van der Waals surface area contributed by atoms with Gasteiger partial charge in [-0.15, -0.1) is 0 Å². The van der Waals surface area contributed by atoms with Gasteiger partial charge in [-0.3, -0.25) is 14.5 Å². The fourth-order valence-corrected chi connectivity index (χ4v) is 3.64. The molecule has 0 unspecified atom stereocenters. The van der Waals surface area contributed by atoms with Gasteiger partial charge in [0.05, 0.1) is 18.7 Å². The van der Waals surface area contributed by atoms with Gasteiger partial charge in [0.2, 0.25) is 0 Å². The lowest BCUT2D eigenvalue weighted by molar-refractivity contribution is -0.136. The van der Waals surface area contributed by atoms with Crippen LogP contribution in [0.15, 0.2) is 48.5 Å². The number of amides is 2. The van der Waals surface area contributed by atoms with Crippen LogP contribution in [-0.4, -0.2) is 74.5 Å². The Bertz CT molecular complexity index is 935. The molecule has 1 aliphatic heterocycles. The Balaban J connectivity index is 1.61. The largest absolute Gasteiger partial charge is 0.465 e. The molecule has 0 bridgehead atoms. The monoisotopic (exact) mass is 438 g/mol. The molecule has 1 aliphatic rings. The Morgan fingerprint density at radius 1 is 0.938 bits per heavy atom. The van der Waals surface area contributed by atoms with E-state index in [0.717, 1.165) is 31.7 Å². The smallest absolute Gasteiger partial charge is 0.337 e. The van der Waals surface area contributed by atoms with Crippen LogP contribution in [0.1, 0.15) is 27.5 Å². The van der Waals surface area contributed by atoms with Gasteiger partial charge in [0.15, 0.2) is 0 Å². The Labute approximate surface area is 188 Å². The fourth-order valence-electron chi connectivity index (χ4n) is 3.64. The average molecular weight is 439 g/mol. The van der Waals surface area contributed by atoms with Gasteiger partial charge in [-0.1, -0.05) is 29.8 Å². The molecule has 2 amide bonds. The minimum Gasteiger partial charge on any atom is -0.465 e. The molecule has 2 N–H and O–H groups in total. The molecule has 2 aromatic rings. The summed E-state index contributed by atoms with van der Waals surface area (Å²) in [6.45, 7) is 6.07. The molecule has 2 aromatic carbocycles. The number of nitrogens with one attached hydrogen (secondary N) is 2. The van der Waals surface area contributed by atoms with Gasteiger partial charge >= 0.3 is 17.8 Å². The van der Waals surface area contributed by atoms with Crippen molar-refractivity contribution in [3.8, 4) is 0 Å². The van der Waals surface area contributed by atoms with Gasteiger partial charge in [0.1, 0.15) is 0 Å². The van der Waals surface area contributed by atoms with Crippen molar-refractivity contribution in [2.45, 2.75) is 13.0 Å². The molecule has 1 heterocycles. The summed E-state index contributed by atoms with van der Waals surface area (Å²) < 4.78 is 4.65. The van der Waals surface area contributed by atoms with Crippen LogP contribution < -0.4 is 10.6 Å². The number of rotatable bonds is 6. The lowest BCUT2D eigenvalue weighted by atomic mass is 10.0. The maximum absolute atomic E-state index is 12.5. The molecule has 0 spiro atoms. The number of esters is 1. The van der Waals surface area contributed by atoms with Crippen LogP contribution in [0.25, 0.3) is 0 Å². The summed E-state index contributed by atoms with van der Waals surface area (Å²) in [4.78, 5) is 41.0. The normalized spacial score (nSPS) is 15.6. The number of likely N-dealkylation sites (N-methyl/N-ethyl adjacent to an activating group) is 1. The lowest BCUT2D eigenvalue weighted by Gasteiger charge is -2.38. The van der Waals surface area contributed by atoms with Gasteiger partial charge in [-0.2, -0.15) is 0 Å². The highest BCUT2D eigenvalue weighted by Crippen LogP contribution is 2.22. The quantitative estimate of drug-likeness (QED) is 0.528. The van der Waals surface area contributed by atoms with Gasteiger partial charge < -0.3 is 20.3 Å². The van der Waals surface area contributed by atoms with Crippen LogP contribution in [0.3, 0.4) is 0 Å². The number of methoxy groups -OCH3 is 1. The number of aryl methyl sites for hydroxylation is 1. The molecule has 0 radical (unpaired) electrons. The Morgan fingerprint density at radius 3 is 2.16 bits per heavy atom. The summed E-state index contributed by atoms with van der Waals surface area (Å²) in [7, 11) is 3.40. The van der Waals surface area contributed by atoms with Crippen molar-refractivity contribution in [2.75, 3.05) is 52.2 Å². The third kappa shape index (κ3) is 6.15. The Kier molecular flexibility index (Phi) is 7.97. The second-order valence-electron chi connectivity index (χ2n) is 8.00. The van der Waals surface area contributed by atoms with E-state index in [9.17, 15) is 14.4 Å². The molecule has 32 heavy (non-hydrogen) atoms. The summed E-state index contributed by atoms with van der Waals surface area (Å²) in [5, 5.41) is 5.34. The number of benzene rings is 2. The highest BCUT2D eigenvalue weighted by molar-refractivity contribution is 6.39. The van der Waals surface area contributed by atoms with Crippen molar-refractivity contribution in [2.24, 2.45) is 0 Å². The predicted molar refractivity (Wildman–Crippen MR) is 122 cm³/mol. The number of ether oxygens (including phenoxy) is 1. The van der Waals surface area contributed by atoms with E-state index in [-0.39, 0.29) is 6.04 Å². The van der Waals surface area contributed by atoms with Crippen LogP contribution in [0.2, 0.25) is 0 Å². The molecular weight excluding hydrogens is 408 g/mol. The second kappa shape index (κ2) is 10.9. The molecule has 170 valence electrons. The van der Waals surface area contributed by atoms with Crippen molar-refractivity contribution in [3.05, 3.63) is 65.2 Å². The zero-order valence-corrected chi connectivity index (χ0v) is 18.8. The molecule has 1 fully saturated rings. The van der Waals surface area contributed by atoms with Gasteiger partial charge in [-0.05, 0) is 43.8 Å². The van der Waals surface area contributed by atoms with E-state index in [0.29, 0.717) is 17.8 Å². The first-order valence-electron chi connectivity index (χ1n) is 10.6. The maximum atomic E-state index is 12.5. The number of hydrogen-bond acceptors (Lipinski definition) is 6. The summed E-state index contributed by atoms with van der Waals surface area (Å²) in [5.74, 6) is -1.92. The standard InChI is InChI=1S/C24H30N4O4/c1-17-4-6-18(7-5-17)21(28-14-12-27(2)13-15-28)16-25-22(29)23(30)26-20-10-8-19(9-11-20)24(31)32-3/h4-11,21H,12-16H2,1-3H3,(H,25,29)(H,26,30)/t21-/m0/s1. The molecule has 3 rings (SSSR count). The number of carbonyl (C=O) groups is 3. The number of hydrogen-bond donors (Lipinski definition) is 2. The van der Waals surface area contributed by atoms with Crippen LogP contribution >= 0.6 is 0 Å². The summed E-state index contributed by atoms with van der Waals surface area (Å²) in [5.41, 5.74) is 3.07. The number of anilines is 1. The maximum Gasteiger partial charge on any atom is 0.337 e. The van der Waals surface area contributed by atoms with Crippen molar-refractivity contribution in [3.63, 3.8) is 0 Å². The zero-order valence-electron chi connectivity index (χ0n) is 18.8. The molecule has 8 nitrogen and oxygen atoms in total. The second-order valence-corrected chi connectivity index (χ2v) is 8.00. The summed E-state index contributed by atoms with van der Waals surface area (Å²) >= 11 is 0. The summed E-state index contributed by atoms with van der Waals surface area (Å²) in [6, 6.07) is 14.4. The molecule has 1 atom stereocenters. The van der Waals surface area contributed by atoms with Crippen molar-refractivity contribution in [1.82, 2.24) is 15.1 Å². The minimum absolute atomic E-state index is 0.0135. The molecule has 1 saturated heterocycles. The Hall–Kier alpha value is -3.23. The van der Waals surface area contributed by atoms with E-state index in [1.807, 2.05) is 6.92 Å². The van der Waals surface area contributed by atoms with E-state index in [1.54, 1.807) is 12.1 Å². The van der Waals surface area contributed by atoms with E-state index in [2.05, 4.69) is 56.5 Å². The molecule has 8 heteroatoms. The number of piperazine rings is 1. The number of nitrogens with zero attached hydrogens (tertiary/aromatic N) is 2. The van der Waals surface area contributed by atoms with Gasteiger partial charge in [0, 0.05) is 38.4 Å². The SMILES string of the molecule is COC(=O)c1ccc(NC(=O)C(=O)NC[C@@H](c2ccc(C)cc2)N2CCN(C)CC2)cc1. The topological polar surface area (TPSA) is 91.0 Å². The minimum atomic E-state index is -0.753. The third-order valence-electron chi connectivity index (χ3n) is 5.67. The molecule has 0 aromatic heterocycles. The number of carbonyl (C=O) groups excluding carboxylic acids is 3. The van der Waals surface area contributed by atoms with Gasteiger partial charge in [0.25, 0.3) is 0 Å². The first-order valence-corrected chi connectivity index (χ1v) is 10.6. The average Bonchev–Trinajstić information content (AvgIpc) is 2.81. The third-order valence-corrected chi connectivity index (χ3v) is 5.67. The summed E-state index contributed by atoms with van der Waals surface area (Å²) in [6.07, 6.45) is 0. The zero-order chi connectivity index (χ0) is 23.1. The predicted octanol–water partition coefficient (Wildman–Crippen LogP) is 1.83. The highest BCUT2D eigenvalue weighted by Gasteiger charge is 2.25. The van der Waals surface area contributed by atoms with Crippen molar-refractivity contribution >= 4 is 23.5 Å². The van der Waals surface area contributed by atoms with Gasteiger partial charge in [-0.25, -0.2) is 4.79 Å². The van der Waals surface area contributed by atoms with E-state index in [4.69, 9.17) is 0 Å². The lowest BCUT2D eigenvalue weighted by Crippen LogP contribution is -2.49. The van der Waals surface area contributed by atoms with E-state index < -0.39 is 17.8 Å². The highest BCUT2D eigenvalue weighted by atomic mass is 16.5.